The molecule has 9 heteroatoms. The molecule has 2 heterocycles. The maximum atomic E-state index is 13.9. The van der Waals surface area contributed by atoms with Gasteiger partial charge in [0.1, 0.15) is 5.82 Å². The summed E-state index contributed by atoms with van der Waals surface area (Å²) in [4.78, 5) is 22.5. The van der Waals surface area contributed by atoms with Crippen LogP contribution < -0.4 is 5.32 Å². The van der Waals surface area contributed by atoms with Crippen LogP contribution in [0.2, 0.25) is 0 Å². The Hall–Kier alpha value is -2.39. The lowest BCUT2D eigenvalue weighted by Gasteiger charge is -2.38. The molecule has 0 saturated carbocycles. The van der Waals surface area contributed by atoms with E-state index in [-0.39, 0.29) is 18.0 Å². The highest BCUT2D eigenvalue weighted by Crippen LogP contribution is 2.22. The van der Waals surface area contributed by atoms with Crippen LogP contribution in [-0.4, -0.2) is 99.4 Å². The van der Waals surface area contributed by atoms with E-state index in [0.29, 0.717) is 52.5 Å². The highest BCUT2D eigenvalue weighted by molar-refractivity contribution is 5.80. The number of rotatable bonds is 5. The predicted octanol–water partition coefficient (Wildman–Crippen LogP) is 1.55. The maximum absolute atomic E-state index is 13.9. The maximum Gasteiger partial charge on any atom is 0.409 e. The molecule has 30 heavy (non-hydrogen) atoms. The topological polar surface area (TPSA) is 69.6 Å². The summed E-state index contributed by atoms with van der Waals surface area (Å²) in [5, 5.41) is 3.46. The molecular weight excluding hydrogens is 389 g/mol. The largest absolute Gasteiger partial charge is 0.450 e. The molecule has 3 rings (SSSR count). The van der Waals surface area contributed by atoms with Gasteiger partial charge in [-0.05, 0) is 24.6 Å². The van der Waals surface area contributed by atoms with Crippen molar-refractivity contribution in [3.05, 3.63) is 35.6 Å². The third-order valence-corrected chi connectivity index (χ3v) is 5.49. The molecule has 1 aromatic rings. The van der Waals surface area contributed by atoms with E-state index < -0.39 is 0 Å². The van der Waals surface area contributed by atoms with E-state index in [1.54, 1.807) is 24.1 Å². The number of carbonyl (C=O) groups is 1. The van der Waals surface area contributed by atoms with Crippen LogP contribution in [-0.2, 0) is 9.47 Å². The first kappa shape index (κ1) is 22.3. The number of carbonyl (C=O) groups excluding carboxylic acids is 1. The Morgan fingerprint density at radius 3 is 2.53 bits per heavy atom. The van der Waals surface area contributed by atoms with Gasteiger partial charge in [0.25, 0.3) is 0 Å². The minimum Gasteiger partial charge on any atom is -0.450 e. The Bertz CT molecular complexity index is 718. The first-order chi connectivity index (χ1) is 14.6. The van der Waals surface area contributed by atoms with Crippen LogP contribution in [0.5, 0.6) is 0 Å². The van der Waals surface area contributed by atoms with E-state index in [2.05, 4.69) is 20.1 Å². The van der Waals surface area contributed by atoms with Gasteiger partial charge >= 0.3 is 6.09 Å². The Morgan fingerprint density at radius 1 is 1.20 bits per heavy atom. The SMILES string of the molecule is CCOC(=O)N1CCN(C(=NC)NCC(c2cccc(F)c2)N2CCOCC2)CC1. The first-order valence-corrected chi connectivity index (χ1v) is 10.6. The van der Waals surface area contributed by atoms with Crippen molar-refractivity contribution in [2.24, 2.45) is 4.99 Å². The van der Waals surface area contributed by atoms with E-state index in [0.717, 1.165) is 24.6 Å². The molecule has 1 aromatic carbocycles. The molecule has 2 saturated heterocycles. The lowest BCUT2D eigenvalue weighted by atomic mass is 10.0. The molecule has 2 fully saturated rings. The Balaban J connectivity index is 1.61. The van der Waals surface area contributed by atoms with E-state index in [1.165, 1.54) is 6.07 Å². The third-order valence-electron chi connectivity index (χ3n) is 5.49. The molecule has 166 valence electrons. The van der Waals surface area contributed by atoms with Crippen LogP contribution in [0.25, 0.3) is 0 Å². The Morgan fingerprint density at radius 2 is 1.90 bits per heavy atom. The first-order valence-electron chi connectivity index (χ1n) is 10.6. The molecule has 1 amide bonds. The van der Waals surface area contributed by atoms with Crippen LogP contribution in [0, 0.1) is 5.82 Å². The monoisotopic (exact) mass is 421 g/mol. The summed E-state index contributed by atoms with van der Waals surface area (Å²) in [5.74, 6) is 0.554. The highest BCUT2D eigenvalue weighted by Gasteiger charge is 2.26. The number of amides is 1. The molecule has 0 aromatic heterocycles. The van der Waals surface area contributed by atoms with Crippen molar-refractivity contribution < 1.29 is 18.7 Å². The van der Waals surface area contributed by atoms with Gasteiger partial charge in [0.05, 0.1) is 25.9 Å². The molecule has 0 spiro atoms. The number of nitrogens with zero attached hydrogens (tertiary/aromatic N) is 4. The smallest absolute Gasteiger partial charge is 0.409 e. The van der Waals surface area contributed by atoms with Crippen LogP contribution >= 0.6 is 0 Å². The second-order valence-corrected chi connectivity index (χ2v) is 7.32. The van der Waals surface area contributed by atoms with Gasteiger partial charge in [-0.1, -0.05) is 12.1 Å². The highest BCUT2D eigenvalue weighted by atomic mass is 19.1. The molecule has 1 atom stereocenters. The fourth-order valence-corrected chi connectivity index (χ4v) is 3.90. The number of morpholine rings is 1. The van der Waals surface area contributed by atoms with Crippen LogP contribution in [0.1, 0.15) is 18.5 Å². The molecule has 2 aliphatic rings. The van der Waals surface area contributed by atoms with Crippen molar-refractivity contribution in [1.82, 2.24) is 20.0 Å². The number of hydrogen-bond donors (Lipinski definition) is 1. The number of piperazine rings is 1. The Kier molecular flexibility index (Phi) is 8.27. The normalized spacial score (nSPS) is 19.5. The van der Waals surface area contributed by atoms with E-state index in [9.17, 15) is 9.18 Å². The van der Waals surface area contributed by atoms with Gasteiger partial charge in [0.2, 0.25) is 0 Å². The molecule has 1 unspecified atom stereocenters. The fourth-order valence-electron chi connectivity index (χ4n) is 3.90. The standard InChI is InChI=1S/C21H32FN5O3/c1-3-30-21(28)27-9-7-26(8-10-27)20(23-2)24-16-19(25-11-13-29-14-12-25)17-5-4-6-18(22)15-17/h4-6,15,19H,3,7-14,16H2,1-2H3,(H,23,24). The van der Waals surface area contributed by atoms with Crippen LogP contribution in [0.15, 0.2) is 29.3 Å². The number of halogens is 1. The van der Waals surface area contributed by atoms with Gasteiger partial charge in [-0.15, -0.1) is 0 Å². The minimum atomic E-state index is -0.265. The number of benzene rings is 1. The lowest BCUT2D eigenvalue weighted by Crippen LogP contribution is -2.55. The average molecular weight is 422 g/mol. The summed E-state index contributed by atoms with van der Waals surface area (Å²) < 4.78 is 24.4. The summed E-state index contributed by atoms with van der Waals surface area (Å²) in [6, 6.07) is 6.80. The summed E-state index contributed by atoms with van der Waals surface area (Å²) in [6.07, 6.45) is -0.265. The number of hydrogen-bond acceptors (Lipinski definition) is 5. The van der Waals surface area contributed by atoms with Crippen LogP contribution in [0.3, 0.4) is 0 Å². The van der Waals surface area contributed by atoms with Gasteiger partial charge in [-0.25, -0.2) is 9.18 Å². The second kappa shape index (κ2) is 11.1. The molecule has 0 bridgehead atoms. The minimum absolute atomic E-state index is 0.0159. The quantitative estimate of drug-likeness (QED) is 0.575. The number of aliphatic imine (C=N–C) groups is 1. The molecule has 2 aliphatic heterocycles. The third kappa shape index (κ3) is 5.82. The zero-order chi connectivity index (χ0) is 21.3. The Labute approximate surface area is 177 Å². The summed E-state index contributed by atoms with van der Waals surface area (Å²) in [5.41, 5.74) is 0.937. The van der Waals surface area contributed by atoms with Crippen molar-refractivity contribution in [3.8, 4) is 0 Å². The van der Waals surface area contributed by atoms with Gasteiger partial charge < -0.3 is 24.6 Å². The van der Waals surface area contributed by atoms with Gasteiger partial charge in [-0.2, -0.15) is 0 Å². The second-order valence-electron chi connectivity index (χ2n) is 7.32. The summed E-state index contributed by atoms with van der Waals surface area (Å²) in [6.45, 7) is 8.31. The fraction of sp³-hybridized carbons (Fsp3) is 0.619. The van der Waals surface area contributed by atoms with Crippen molar-refractivity contribution in [1.29, 1.82) is 0 Å². The van der Waals surface area contributed by atoms with Gasteiger partial charge in [-0.3, -0.25) is 9.89 Å². The van der Waals surface area contributed by atoms with Crippen molar-refractivity contribution >= 4 is 12.1 Å². The molecule has 0 aliphatic carbocycles. The zero-order valence-corrected chi connectivity index (χ0v) is 17.8. The van der Waals surface area contributed by atoms with Crippen molar-refractivity contribution in [3.63, 3.8) is 0 Å². The molecule has 8 nitrogen and oxygen atoms in total. The zero-order valence-electron chi connectivity index (χ0n) is 17.8. The molecular formula is C21H32FN5O3. The predicted molar refractivity (Wildman–Crippen MR) is 113 cm³/mol. The number of guanidine groups is 1. The summed E-state index contributed by atoms with van der Waals surface area (Å²) in [7, 11) is 1.76. The van der Waals surface area contributed by atoms with Crippen LogP contribution in [0.4, 0.5) is 9.18 Å². The number of ether oxygens (including phenoxy) is 2. The lowest BCUT2D eigenvalue weighted by molar-refractivity contribution is 0.0168. The number of nitrogens with one attached hydrogen (secondary N) is 1. The van der Waals surface area contributed by atoms with E-state index in [4.69, 9.17) is 9.47 Å². The van der Waals surface area contributed by atoms with E-state index >= 15 is 0 Å². The van der Waals surface area contributed by atoms with Gasteiger partial charge in [0.15, 0.2) is 5.96 Å². The molecule has 1 N–H and O–H groups in total. The summed E-state index contributed by atoms with van der Waals surface area (Å²) >= 11 is 0. The van der Waals surface area contributed by atoms with Gasteiger partial charge in [0, 0.05) is 52.9 Å². The molecule has 0 radical (unpaired) electrons. The van der Waals surface area contributed by atoms with Crippen molar-refractivity contribution in [2.45, 2.75) is 13.0 Å². The van der Waals surface area contributed by atoms with E-state index in [1.807, 2.05) is 13.0 Å². The van der Waals surface area contributed by atoms with Crippen molar-refractivity contribution in [2.75, 3.05) is 72.7 Å². The average Bonchev–Trinajstić information content (AvgIpc) is 2.78.